The Labute approximate surface area is 46.0 Å². The monoisotopic (exact) mass is 118 g/mol. The standard InChI is InChI=1S/C3H6N2O3/c1-8-5-3(7)4-2-6/h2H,1H3,(H2,4,5,6,7). The highest BCUT2D eigenvalue weighted by Gasteiger charge is 1.91. The third kappa shape index (κ3) is 3.10. The first-order chi connectivity index (χ1) is 3.81. The van der Waals surface area contributed by atoms with Gasteiger partial charge >= 0.3 is 6.03 Å². The van der Waals surface area contributed by atoms with Crippen molar-refractivity contribution in [3.8, 4) is 0 Å². The smallest absolute Gasteiger partial charge is 0.279 e. The Hall–Kier alpha value is -1.10. The van der Waals surface area contributed by atoms with Gasteiger partial charge in [0, 0.05) is 0 Å². The fourth-order valence-electron chi connectivity index (χ4n) is 0.176. The van der Waals surface area contributed by atoms with E-state index < -0.39 is 6.03 Å². The van der Waals surface area contributed by atoms with Crippen LogP contribution < -0.4 is 10.8 Å². The molecule has 0 spiro atoms. The van der Waals surface area contributed by atoms with E-state index in [4.69, 9.17) is 0 Å². The molecule has 0 bridgehead atoms. The molecule has 0 rings (SSSR count). The van der Waals surface area contributed by atoms with Crippen molar-refractivity contribution in [1.82, 2.24) is 10.8 Å². The highest BCUT2D eigenvalue weighted by Crippen LogP contribution is 1.56. The predicted octanol–water partition coefficient (Wildman–Crippen LogP) is -0.997. The number of carbonyl (C=O) groups excluding carboxylic acids is 2. The first kappa shape index (κ1) is 6.90. The fourth-order valence-corrected chi connectivity index (χ4v) is 0.176. The van der Waals surface area contributed by atoms with E-state index in [1.165, 1.54) is 7.11 Å². The van der Waals surface area contributed by atoms with Crippen molar-refractivity contribution in [3.05, 3.63) is 0 Å². The van der Waals surface area contributed by atoms with Gasteiger partial charge in [-0.2, -0.15) is 0 Å². The van der Waals surface area contributed by atoms with Crippen molar-refractivity contribution < 1.29 is 14.4 Å². The second-order valence-electron chi connectivity index (χ2n) is 0.897. The van der Waals surface area contributed by atoms with Gasteiger partial charge in [-0.25, -0.2) is 10.3 Å². The molecule has 0 aromatic rings. The maximum Gasteiger partial charge on any atom is 0.345 e. The summed E-state index contributed by atoms with van der Waals surface area (Å²) in [5.74, 6) is 0. The van der Waals surface area contributed by atoms with E-state index in [-0.39, 0.29) is 6.41 Å². The molecule has 0 aromatic carbocycles. The van der Waals surface area contributed by atoms with Gasteiger partial charge in [0.1, 0.15) is 0 Å². The Balaban J connectivity index is 3.18. The van der Waals surface area contributed by atoms with E-state index in [9.17, 15) is 9.59 Å². The van der Waals surface area contributed by atoms with Crippen molar-refractivity contribution >= 4 is 12.4 Å². The molecule has 0 aliphatic rings. The summed E-state index contributed by atoms with van der Waals surface area (Å²) in [6.07, 6.45) is 0.258. The normalized spacial score (nSPS) is 7.62. The molecule has 0 fully saturated rings. The Kier molecular flexibility index (Phi) is 3.51. The molecule has 0 aliphatic heterocycles. The predicted molar refractivity (Wildman–Crippen MR) is 24.7 cm³/mol. The summed E-state index contributed by atoms with van der Waals surface area (Å²) in [5, 5.41) is 1.79. The van der Waals surface area contributed by atoms with Crippen LogP contribution in [-0.4, -0.2) is 19.6 Å². The third-order valence-electron chi connectivity index (χ3n) is 0.385. The fraction of sp³-hybridized carbons (Fsp3) is 0.333. The Morgan fingerprint density at radius 3 is 2.75 bits per heavy atom. The van der Waals surface area contributed by atoms with Crippen LogP contribution in [0.25, 0.3) is 0 Å². The third-order valence-corrected chi connectivity index (χ3v) is 0.385. The first-order valence-electron chi connectivity index (χ1n) is 1.84. The number of imide groups is 1. The minimum Gasteiger partial charge on any atom is -0.279 e. The number of hydroxylamine groups is 1. The van der Waals surface area contributed by atoms with Gasteiger partial charge in [0.2, 0.25) is 6.41 Å². The van der Waals surface area contributed by atoms with Gasteiger partial charge in [-0.3, -0.25) is 14.9 Å². The van der Waals surface area contributed by atoms with Gasteiger partial charge in [-0.1, -0.05) is 0 Å². The molecule has 5 nitrogen and oxygen atoms in total. The minimum atomic E-state index is -0.678. The Bertz CT molecular complexity index is 92.5. The zero-order valence-corrected chi connectivity index (χ0v) is 4.30. The lowest BCUT2D eigenvalue weighted by Crippen LogP contribution is -2.33. The maximum absolute atomic E-state index is 10.1. The zero-order chi connectivity index (χ0) is 6.41. The van der Waals surface area contributed by atoms with Gasteiger partial charge in [0.15, 0.2) is 0 Å². The van der Waals surface area contributed by atoms with Crippen LogP contribution in [-0.2, 0) is 9.63 Å². The molecule has 46 valence electrons. The van der Waals surface area contributed by atoms with E-state index in [1.54, 1.807) is 5.32 Å². The summed E-state index contributed by atoms with van der Waals surface area (Å²) in [7, 11) is 1.27. The summed E-state index contributed by atoms with van der Waals surface area (Å²) in [6, 6.07) is -0.678. The van der Waals surface area contributed by atoms with Crippen LogP contribution in [0.4, 0.5) is 4.79 Å². The molecule has 0 saturated heterocycles. The van der Waals surface area contributed by atoms with Crippen LogP contribution in [0.1, 0.15) is 0 Å². The summed E-state index contributed by atoms with van der Waals surface area (Å²) < 4.78 is 0. The molecule has 0 heterocycles. The maximum atomic E-state index is 10.1. The van der Waals surface area contributed by atoms with Crippen molar-refractivity contribution in [2.24, 2.45) is 0 Å². The molecular formula is C3H6N2O3. The molecule has 2 N–H and O–H groups in total. The minimum absolute atomic E-state index is 0.258. The van der Waals surface area contributed by atoms with Crippen molar-refractivity contribution in [3.63, 3.8) is 0 Å². The number of urea groups is 1. The number of amides is 3. The van der Waals surface area contributed by atoms with Crippen LogP contribution in [0.2, 0.25) is 0 Å². The van der Waals surface area contributed by atoms with Gasteiger partial charge in [-0.15, -0.1) is 0 Å². The highest BCUT2D eigenvalue weighted by atomic mass is 16.6. The molecule has 0 saturated carbocycles. The number of nitrogens with one attached hydrogen (secondary N) is 2. The summed E-state index contributed by atoms with van der Waals surface area (Å²) in [6.45, 7) is 0. The lowest BCUT2D eigenvalue weighted by atomic mass is 11.0. The van der Waals surface area contributed by atoms with Crippen LogP contribution in [0.3, 0.4) is 0 Å². The Morgan fingerprint density at radius 2 is 2.38 bits per heavy atom. The van der Waals surface area contributed by atoms with E-state index >= 15 is 0 Å². The zero-order valence-electron chi connectivity index (χ0n) is 4.30. The van der Waals surface area contributed by atoms with Crippen molar-refractivity contribution in [1.29, 1.82) is 0 Å². The SMILES string of the molecule is CONC(=O)NC=O. The number of rotatable bonds is 2. The first-order valence-corrected chi connectivity index (χ1v) is 1.84. The second-order valence-corrected chi connectivity index (χ2v) is 0.897. The second kappa shape index (κ2) is 4.07. The molecule has 0 atom stereocenters. The molecule has 8 heavy (non-hydrogen) atoms. The number of carbonyl (C=O) groups is 2. The highest BCUT2D eigenvalue weighted by molar-refractivity contribution is 5.83. The van der Waals surface area contributed by atoms with E-state index in [2.05, 4.69) is 4.84 Å². The lowest BCUT2D eigenvalue weighted by molar-refractivity contribution is -0.108. The van der Waals surface area contributed by atoms with Gasteiger partial charge in [0.25, 0.3) is 0 Å². The largest absolute Gasteiger partial charge is 0.345 e. The molecule has 5 heteroatoms. The van der Waals surface area contributed by atoms with Crippen LogP contribution in [0.15, 0.2) is 0 Å². The average Bonchev–Trinajstić information content (AvgIpc) is 1.68. The van der Waals surface area contributed by atoms with Gasteiger partial charge in [0.05, 0.1) is 7.11 Å². The van der Waals surface area contributed by atoms with Crippen LogP contribution >= 0.6 is 0 Å². The van der Waals surface area contributed by atoms with Crippen LogP contribution in [0.5, 0.6) is 0 Å². The van der Waals surface area contributed by atoms with E-state index in [0.717, 1.165) is 0 Å². The number of hydrogen-bond donors (Lipinski definition) is 2. The average molecular weight is 118 g/mol. The lowest BCUT2D eigenvalue weighted by Gasteiger charge is -1.95. The van der Waals surface area contributed by atoms with E-state index in [0.29, 0.717) is 0 Å². The van der Waals surface area contributed by atoms with Crippen molar-refractivity contribution in [2.45, 2.75) is 0 Å². The summed E-state index contributed by atoms with van der Waals surface area (Å²) >= 11 is 0. The number of hydrogen-bond acceptors (Lipinski definition) is 3. The van der Waals surface area contributed by atoms with Gasteiger partial charge < -0.3 is 0 Å². The molecular weight excluding hydrogens is 112 g/mol. The Morgan fingerprint density at radius 1 is 1.75 bits per heavy atom. The topological polar surface area (TPSA) is 67.4 Å². The molecule has 0 aromatic heterocycles. The molecule has 0 radical (unpaired) electrons. The summed E-state index contributed by atoms with van der Waals surface area (Å²) in [4.78, 5) is 23.7. The summed E-state index contributed by atoms with van der Waals surface area (Å²) in [5.41, 5.74) is 1.87. The van der Waals surface area contributed by atoms with Crippen LogP contribution in [0, 0.1) is 0 Å². The molecule has 3 amide bonds. The molecule has 0 aliphatic carbocycles. The van der Waals surface area contributed by atoms with Gasteiger partial charge in [-0.05, 0) is 0 Å². The van der Waals surface area contributed by atoms with E-state index in [1.807, 2.05) is 5.48 Å². The van der Waals surface area contributed by atoms with Crippen molar-refractivity contribution in [2.75, 3.05) is 7.11 Å². The quantitative estimate of drug-likeness (QED) is 0.361. The molecule has 0 unspecified atom stereocenters.